The van der Waals surface area contributed by atoms with Gasteiger partial charge in [-0.25, -0.2) is 0 Å². The first kappa shape index (κ1) is 18.9. The molecule has 3 rings (SSSR count). The molecule has 2 atom stereocenters. The van der Waals surface area contributed by atoms with Crippen LogP contribution in [-0.4, -0.2) is 35.8 Å². The number of likely N-dealkylation sites (tertiary alicyclic amines) is 1. The molecule has 5 nitrogen and oxygen atoms in total. The van der Waals surface area contributed by atoms with Crippen molar-refractivity contribution in [2.45, 2.75) is 25.8 Å². The molecule has 1 aromatic carbocycles. The maximum atomic E-state index is 12.9. The molecule has 138 valence electrons. The van der Waals surface area contributed by atoms with Crippen LogP contribution in [0.3, 0.4) is 0 Å². The number of anilines is 1. The van der Waals surface area contributed by atoms with Crippen LogP contribution in [0.15, 0.2) is 35.7 Å². The van der Waals surface area contributed by atoms with E-state index < -0.39 is 0 Å². The summed E-state index contributed by atoms with van der Waals surface area (Å²) in [5, 5.41) is 5.02. The van der Waals surface area contributed by atoms with Gasteiger partial charge in [-0.15, -0.1) is 11.3 Å². The molecule has 0 aliphatic carbocycles. The highest BCUT2D eigenvalue weighted by molar-refractivity contribution is 7.12. The lowest BCUT2D eigenvalue weighted by molar-refractivity contribution is 0.0661. The number of benzene rings is 1. The van der Waals surface area contributed by atoms with Gasteiger partial charge < -0.3 is 16.0 Å². The summed E-state index contributed by atoms with van der Waals surface area (Å²) in [4.78, 5) is 27.6. The SMILES string of the molecule is CC(N)C1CCCN(C(=O)c2ccc(Cl)c(NC(=O)c3cccs3)c2)C1. The molecular weight excluding hydrogens is 370 g/mol. The zero-order valence-electron chi connectivity index (χ0n) is 14.6. The third-order valence-electron chi connectivity index (χ3n) is 4.70. The third-order valence-corrected chi connectivity index (χ3v) is 5.89. The number of piperidine rings is 1. The minimum atomic E-state index is -0.235. The maximum Gasteiger partial charge on any atom is 0.265 e. The minimum Gasteiger partial charge on any atom is -0.338 e. The normalized spacial score (nSPS) is 18.4. The summed E-state index contributed by atoms with van der Waals surface area (Å²) in [6.07, 6.45) is 2.00. The van der Waals surface area contributed by atoms with Gasteiger partial charge in [0.2, 0.25) is 0 Å². The van der Waals surface area contributed by atoms with Crippen LogP contribution in [0.4, 0.5) is 5.69 Å². The topological polar surface area (TPSA) is 75.4 Å². The molecule has 0 saturated carbocycles. The van der Waals surface area contributed by atoms with Crippen molar-refractivity contribution in [1.82, 2.24) is 4.90 Å². The second-order valence-electron chi connectivity index (χ2n) is 6.64. The zero-order valence-corrected chi connectivity index (χ0v) is 16.1. The van der Waals surface area contributed by atoms with Gasteiger partial charge in [-0.1, -0.05) is 17.7 Å². The molecular formula is C19H22ClN3O2S. The fraction of sp³-hybridized carbons (Fsp3) is 0.368. The Hall–Kier alpha value is -1.89. The summed E-state index contributed by atoms with van der Waals surface area (Å²) in [5.74, 6) is 0.0260. The summed E-state index contributed by atoms with van der Waals surface area (Å²) in [6, 6.07) is 8.60. The molecule has 1 fully saturated rings. The number of nitrogens with one attached hydrogen (secondary N) is 1. The second-order valence-corrected chi connectivity index (χ2v) is 7.99. The fourth-order valence-corrected chi connectivity index (χ4v) is 3.94. The van der Waals surface area contributed by atoms with Gasteiger partial charge in [0.15, 0.2) is 0 Å². The first-order valence-corrected chi connectivity index (χ1v) is 9.90. The molecule has 2 aromatic rings. The molecule has 2 amide bonds. The van der Waals surface area contributed by atoms with Gasteiger partial charge in [0, 0.05) is 24.7 Å². The van der Waals surface area contributed by atoms with E-state index in [4.69, 9.17) is 17.3 Å². The monoisotopic (exact) mass is 391 g/mol. The van der Waals surface area contributed by atoms with Crippen LogP contribution in [0, 0.1) is 5.92 Å². The molecule has 7 heteroatoms. The predicted molar refractivity (Wildman–Crippen MR) is 106 cm³/mol. The van der Waals surface area contributed by atoms with Crippen molar-refractivity contribution in [2.75, 3.05) is 18.4 Å². The smallest absolute Gasteiger partial charge is 0.265 e. The Kier molecular flexibility index (Phi) is 5.96. The van der Waals surface area contributed by atoms with Crippen molar-refractivity contribution in [3.8, 4) is 0 Å². The molecule has 0 radical (unpaired) electrons. The maximum absolute atomic E-state index is 12.9. The summed E-state index contributed by atoms with van der Waals surface area (Å²) in [5.41, 5.74) is 6.97. The standard InChI is InChI=1S/C19H22ClN3O2S/c1-12(21)14-4-2-8-23(11-14)19(25)13-6-7-15(20)16(10-13)22-18(24)17-5-3-9-26-17/h3,5-7,9-10,12,14H,2,4,8,11,21H2,1H3,(H,22,24). The van der Waals surface area contributed by atoms with E-state index in [0.717, 1.165) is 19.4 Å². The van der Waals surface area contributed by atoms with Crippen molar-refractivity contribution < 1.29 is 9.59 Å². The Bertz CT molecular complexity index is 792. The van der Waals surface area contributed by atoms with E-state index in [9.17, 15) is 9.59 Å². The van der Waals surface area contributed by atoms with E-state index in [2.05, 4.69) is 5.32 Å². The van der Waals surface area contributed by atoms with Crippen molar-refractivity contribution in [3.05, 3.63) is 51.2 Å². The van der Waals surface area contributed by atoms with Crippen LogP contribution in [0.2, 0.25) is 5.02 Å². The van der Waals surface area contributed by atoms with E-state index in [1.165, 1.54) is 11.3 Å². The Labute approximate surface area is 162 Å². The van der Waals surface area contributed by atoms with Crippen molar-refractivity contribution in [1.29, 1.82) is 0 Å². The molecule has 26 heavy (non-hydrogen) atoms. The van der Waals surface area contributed by atoms with Gasteiger partial charge in [0.05, 0.1) is 15.6 Å². The fourth-order valence-electron chi connectivity index (χ4n) is 3.15. The molecule has 0 spiro atoms. The van der Waals surface area contributed by atoms with Crippen LogP contribution in [0.25, 0.3) is 0 Å². The van der Waals surface area contributed by atoms with Crippen molar-refractivity contribution in [2.24, 2.45) is 11.7 Å². The minimum absolute atomic E-state index is 0.0568. The lowest BCUT2D eigenvalue weighted by Gasteiger charge is -2.34. The molecule has 1 aliphatic heterocycles. The van der Waals surface area contributed by atoms with Gasteiger partial charge in [-0.2, -0.15) is 0 Å². The number of hydrogen-bond acceptors (Lipinski definition) is 4. The Morgan fingerprint density at radius 3 is 2.88 bits per heavy atom. The second kappa shape index (κ2) is 8.20. The van der Waals surface area contributed by atoms with E-state index >= 15 is 0 Å². The van der Waals surface area contributed by atoms with Crippen LogP contribution >= 0.6 is 22.9 Å². The highest BCUT2D eigenvalue weighted by atomic mass is 35.5. The van der Waals surface area contributed by atoms with Crippen LogP contribution in [0.5, 0.6) is 0 Å². The third kappa shape index (κ3) is 4.26. The van der Waals surface area contributed by atoms with Crippen LogP contribution in [-0.2, 0) is 0 Å². The molecule has 2 unspecified atom stereocenters. The average molecular weight is 392 g/mol. The molecule has 1 aromatic heterocycles. The number of halogens is 1. The van der Waals surface area contributed by atoms with Crippen LogP contribution in [0.1, 0.15) is 39.8 Å². The number of nitrogens with two attached hydrogens (primary N) is 1. The number of hydrogen-bond donors (Lipinski definition) is 2. The predicted octanol–water partition coefficient (Wildman–Crippen LogP) is 3.85. The first-order chi connectivity index (χ1) is 12.5. The molecule has 1 aliphatic rings. The summed E-state index contributed by atoms with van der Waals surface area (Å²) in [7, 11) is 0. The average Bonchev–Trinajstić information content (AvgIpc) is 3.18. The number of carbonyl (C=O) groups excluding carboxylic acids is 2. The van der Waals surface area contributed by atoms with Gasteiger partial charge in [0.25, 0.3) is 11.8 Å². The molecule has 0 bridgehead atoms. The highest BCUT2D eigenvalue weighted by Crippen LogP contribution is 2.26. The van der Waals surface area contributed by atoms with Gasteiger partial charge in [0.1, 0.15) is 0 Å². The molecule has 1 saturated heterocycles. The summed E-state index contributed by atoms with van der Waals surface area (Å²) < 4.78 is 0. The lowest BCUT2D eigenvalue weighted by atomic mass is 9.92. The number of rotatable bonds is 4. The van der Waals surface area contributed by atoms with E-state index in [1.54, 1.807) is 24.3 Å². The number of thiophene rings is 1. The van der Waals surface area contributed by atoms with Gasteiger partial charge in [-0.05, 0) is 55.3 Å². The summed E-state index contributed by atoms with van der Waals surface area (Å²) >= 11 is 7.55. The Balaban J connectivity index is 1.76. The summed E-state index contributed by atoms with van der Waals surface area (Å²) in [6.45, 7) is 3.37. The van der Waals surface area contributed by atoms with Crippen LogP contribution < -0.4 is 11.1 Å². The van der Waals surface area contributed by atoms with E-state index in [1.807, 2.05) is 23.3 Å². The number of nitrogens with zero attached hydrogens (tertiary/aromatic N) is 1. The van der Waals surface area contributed by atoms with Gasteiger partial charge in [-0.3, -0.25) is 9.59 Å². The van der Waals surface area contributed by atoms with E-state index in [-0.39, 0.29) is 17.9 Å². The molecule has 2 heterocycles. The van der Waals surface area contributed by atoms with Crippen molar-refractivity contribution in [3.63, 3.8) is 0 Å². The zero-order chi connectivity index (χ0) is 18.7. The number of amides is 2. The molecule has 3 N–H and O–H groups in total. The Morgan fingerprint density at radius 1 is 1.38 bits per heavy atom. The highest BCUT2D eigenvalue weighted by Gasteiger charge is 2.26. The Morgan fingerprint density at radius 2 is 2.19 bits per heavy atom. The van der Waals surface area contributed by atoms with Gasteiger partial charge >= 0.3 is 0 Å². The van der Waals surface area contributed by atoms with Crippen molar-refractivity contribution >= 4 is 40.4 Å². The largest absolute Gasteiger partial charge is 0.338 e. The quantitative estimate of drug-likeness (QED) is 0.831. The first-order valence-electron chi connectivity index (χ1n) is 8.65. The van der Waals surface area contributed by atoms with E-state index in [0.29, 0.717) is 33.6 Å². The lowest BCUT2D eigenvalue weighted by Crippen LogP contribution is -2.45. The number of carbonyl (C=O) groups is 2.